The van der Waals surface area contributed by atoms with Crippen LogP contribution in [0.5, 0.6) is 5.75 Å². The van der Waals surface area contributed by atoms with Crippen molar-refractivity contribution in [2.45, 2.75) is 19.0 Å². The maximum absolute atomic E-state index is 13.9. The molecule has 0 radical (unpaired) electrons. The van der Waals surface area contributed by atoms with Crippen LogP contribution in [-0.2, 0) is 14.4 Å². The fourth-order valence-electron chi connectivity index (χ4n) is 5.50. The van der Waals surface area contributed by atoms with Crippen molar-refractivity contribution in [2.24, 2.45) is 16.9 Å². The number of hydrogen-bond donors (Lipinski definition) is 0. The zero-order chi connectivity index (χ0) is 25.0. The normalized spacial score (nSPS) is 24.2. The van der Waals surface area contributed by atoms with Crippen molar-refractivity contribution in [3.63, 3.8) is 0 Å². The largest absolute Gasteiger partial charge is 0.427 e. The van der Waals surface area contributed by atoms with Gasteiger partial charge in [0.05, 0.1) is 23.6 Å². The highest BCUT2D eigenvalue weighted by atomic mass is 16.5. The third-order valence-corrected chi connectivity index (χ3v) is 6.97. The van der Waals surface area contributed by atoms with Gasteiger partial charge in [-0.1, -0.05) is 42.5 Å². The number of ketones is 1. The Morgan fingerprint density at radius 3 is 2.39 bits per heavy atom. The Balaban J connectivity index is 1.40. The first-order valence-electron chi connectivity index (χ1n) is 11.6. The highest BCUT2D eigenvalue weighted by Crippen LogP contribution is 2.47. The van der Waals surface area contributed by atoms with Gasteiger partial charge in [0.1, 0.15) is 11.8 Å². The van der Waals surface area contributed by atoms with Crippen LogP contribution in [0.15, 0.2) is 84.0 Å². The number of hydrazone groups is 1. The maximum atomic E-state index is 13.9. The number of benzene rings is 3. The number of anilines is 1. The van der Waals surface area contributed by atoms with Gasteiger partial charge in [-0.05, 0) is 41.8 Å². The van der Waals surface area contributed by atoms with Crippen LogP contribution < -0.4 is 9.64 Å². The van der Waals surface area contributed by atoms with Crippen LogP contribution >= 0.6 is 0 Å². The standard InChI is InChI=1S/C28H21N3O5/c1-16(32)36-19-13-11-18(12-14-19)26(33)25-24-23(22-10-5-15-29-31(22)25)27(34)30(28(24)35)21-9-4-7-17-6-2-3-8-20(17)21/h2-15,22-25H,1H3/t22-,23-,24+,25-/m0/s1. The van der Waals surface area contributed by atoms with Crippen molar-refractivity contribution in [1.82, 2.24) is 5.01 Å². The number of carbonyl (C=O) groups excluding carboxylic acids is 4. The first kappa shape index (κ1) is 21.9. The Labute approximate surface area is 206 Å². The number of allylic oxidation sites excluding steroid dienone is 1. The molecule has 0 saturated carbocycles. The SMILES string of the molecule is CC(=O)Oc1ccc(C(=O)[C@@H]2[C@@H]3C(=O)N(c4cccc5ccccc45)C(=O)[C@H]3[C@@H]3C=CC=NN23)cc1. The molecule has 6 rings (SSSR count). The summed E-state index contributed by atoms with van der Waals surface area (Å²) in [4.78, 5) is 53.9. The maximum Gasteiger partial charge on any atom is 0.308 e. The summed E-state index contributed by atoms with van der Waals surface area (Å²) in [6.07, 6.45) is 5.11. The van der Waals surface area contributed by atoms with Crippen LogP contribution in [-0.4, -0.2) is 46.9 Å². The van der Waals surface area contributed by atoms with Gasteiger partial charge in [0.2, 0.25) is 11.8 Å². The van der Waals surface area contributed by atoms with Gasteiger partial charge >= 0.3 is 5.97 Å². The van der Waals surface area contributed by atoms with E-state index in [-0.39, 0.29) is 11.7 Å². The van der Waals surface area contributed by atoms with Crippen molar-refractivity contribution in [3.05, 3.63) is 84.4 Å². The molecule has 0 aliphatic carbocycles. The van der Waals surface area contributed by atoms with E-state index in [2.05, 4.69) is 5.10 Å². The number of rotatable bonds is 4. The van der Waals surface area contributed by atoms with Crippen molar-refractivity contribution in [1.29, 1.82) is 0 Å². The van der Waals surface area contributed by atoms with Crippen LogP contribution in [0.1, 0.15) is 17.3 Å². The fraction of sp³-hybridized carbons (Fsp3) is 0.179. The Morgan fingerprint density at radius 2 is 1.61 bits per heavy atom. The lowest BCUT2D eigenvalue weighted by Gasteiger charge is -2.30. The Kier molecular flexibility index (Phi) is 5.03. The van der Waals surface area contributed by atoms with E-state index < -0.39 is 35.8 Å². The van der Waals surface area contributed by atoms with E-state index in [1.54, 1.807) is 35.5 Å². The predicted molar refractivity (Wildman–Crippen MR) is 133 cm³/mol. The van der Waals surface area contributed by atoms with E-state index in [0.717, 1.165) is 10.8 Å². The lowest BCUT2D eigenvalue weighted by Crippen LogP contribution is -2.46. The van der Waals surface area contributed by atoms with Crippen LogP contribution in [0.2, 0.25) is 0 Å². The number of esters is 1. The summed E-state index contributed by atoms with van der Waals surface area (Å²) < 4.78 is 5.06. The number of imide groups is 1. The molecule has 3 aliphatic heterocycles. The Hall–Kier alpha value is -4.59. The van der Waals surface area contributed by atoms with Crippen LogP contribution in [0.3, 0.4) is 0 Å². The molecular weight excluding hydrogens is 458 g/mol. The molecule has 0 aromatic heterocycles. The lowest BCUT2D eigenvalue weighted by molar-refractivity contribution is -0.132. The van der Waals surface area contributed by atoms with Gasteiger partial charge in [0.15, 0.2) is 5.78 Å². The molecule has 3 heterocycles. The lowest BCUT2D eigenvalue weighted by atomic mass is 9.86. The second-order valence-electron chi connectivity index (χ2n) is 9.01. The number of hydrogen-bond acceptors (Lipinski definition) is 7. The molecular formula is C28H21N3O5. The van der Waals surface area contributed by atoms with Gasteiger partial charge in [-0.2, -0.15) is 5.10 Å². The topological polar surface area (TPSA) is 96.3 Å². The average molecular weight is 479 g/mol. The van der Waals surface area contributed by atoms with Gasteiger partial charge in [-0.15, -0.1) is 0 Å². The molecule has 3 aromatic rings. The van der Waals surface area contributed by atoms with Crippen molar-refractivity contribution < 1.29 is 23.9 Å². The Bertz CT molecular complexity index is 1490. The summed E-state index contributed by atoms with van der Waals surface area (Å²) in [5.74, 6) is -2.84. The van der Waals surface area contributed by atoms with Gasteiger partial charge in [-0.25, -0.2) is 4.90 Å². The molecule has 8 nitrogen and oxygen atoms in total. The highest BCUT2D eigenvalue weighted by molar-refractivity contribution is 6.27. The minimum atomic E-state index is -0.947. The van der Waals surface area contributed by atoms with E-state index in [0.29, 0.717) is 17.0 Å². The Morgan fingerprint density at radius 1 is 0.889 bits per heavy atom. The van der Waals surface area contributed by atoms with E-state index in [4.69, 9.17) is 4.74 Å². The highest BCUT2D eigenvalue weighted by Gasteiger charge is 2.64. The van der Waals surface area contributed by atoms with E-state index in [9.17, 15) is 19.2 Å². The third kappa shape index (κ3) is 3.25. The predicted octanol–water partition coefficient (Wildman–Crippen LogP) is 3.36. The molecule has 3 aliphatic rings. The van der Waals surface area contributed by atoms with Crippen LogP contribution in [0.25, 0.3) is 10.8 Å². The summed E-state index contributed by atoms with van der Waals surface area (Å²) >= 11 is 0. The first-order chi connectivity index (χ1) is 17.5. The van der Waals surface area contributed by atoms with Crippen molar-refractivity contribution in [2.75, 3.05) is 4.90 Å². The minimum Gasteiger partial charge on any atom is -0.427 e. The van der Waals surface area contributed by atoms with E-state index >= 15 is 0 Å². The van der Waals surface area contributed by atoms with Crippen molar-refractivity contribution in [3.8, 4) is 5.75 Å². The monoisotopic (exact) mass is 479 g/mol. The number of carbonyl (C=O) groups is 4. The second-order valence-corrected chi connectivity index (χ2v) is 9.01. The zero-order valence-electron chi connectivity index (χ0n) is 19.3. The molecule has 0 unspecified atom stereocenters. The van der Waals surface area contributed by atoms with Gasteiger partial charge in [0.25, 0.3) is 0 Å². The molecule has 36 heavy (non-hydrogen) atoms. The summed E-state index contributed by atoms with van der Waals surface area (Å²) in [6, 6.07) is 17.8. The molecule has 4 atom stereocenters. The summed E-state index contributed by atoms with van der Waals surface area (Å²) in [6.45, 7) is 1.30. The van der Waals surface area contributed by atoms with Crippen LogP contribution in [0, 0.1) is 11.8 Å². The molecule has 0 N–H and O–H groups in total. The third-order valence-electron chi connectivity index (χ3n) is 6.97. The van der Waals surface area contributed by atoms with Gasteiger partial charge in [0, 0.05) is 24.1 Å². The van der Waals surface area contributed by atoms with Gasteiger partial charge < -0.3 is 4.74 Å². The molecule has 0 bridgehead atoms. The molecule has 3 aromatic carbocycles. The minimum absolute atomic E-state index is 0.314. The average Bonchev–Trinajstić information content (AvgIpc) is 3.36. The molecule has 178 valence electrons. The van der Waals surface area contributed by atoms with Crippen molar-refractivity contribution >= 4 is 46.2 Å². The number of Topliss-reactive ketones (excluding diaryl/α,β-unsaturated/α-hetero) is 1. The molecule has 2 saturated heterocycles. The molecule has 8 heteroatoms. The quantitative estimate of drug-likeness (QED) is 0.246. The van der Waals surface area contributed by atoms with E-state index in [1.807, 2.05) is 42.5 Å². The van der Waals surface area contributed by atoms with Gasteiger partial charge in [-0.3, -0.25) is 24.2 Å². The number of ether oxygens (including phenoxy) is 1. The summed E-state index contributed by atoms with van der Waals surface area (Å²) in [5.41, 5.74) is 0.855. The second kappa shape index (κ2) is 8.27. The molecule has 2 fully saturated rings. The summed E-state index contributed by atoms with van der Waals surface area (Å²) in [5, 5.41) is 7.67. The first-order valence-corrected chi connectivity index (χ1v) is 11.6. The molecule has 2 amide bonds. The van der Waals surface area contributed by atoms with Crippen LogP contribution in [0.4, 0.5) is 5.69 Å². The smallest absolute Gasteiger partial charge is 0.308 e. The zero-order valence-corrected chi connectivity index (χ0v) is 19.3. The number of nitrogens with zero attached hydrogens (tertiary/aromatic N) is 3. The number of amides is 2. The fourth-order valence-corrected chi connectivity index (χ4v) is 5.50. The molecule has 0 spiro atoms. The van der Waals surface area contributed by atoms with E-state index in [1.165, 1.54) is 24.0 Å². The number of fused-ring (bicyclic) bond motifs is 4. The summed E-state index contributed by atoms with van der Waals surface area (Å²) in [7, 11) is 0.